The maximum absolute atomic E-state index is 12.7. The summed E-state index contributed by atoms with van der Waals surface area (Å²) >= 11 is 0. The Kier molecular flexibility index (Phi) is 6.74. The van der Waals surface area contributed by atoms with E-state index in [1.54, 1.807) is 13.0 Å². The van der Waals surface area contributed by atoms with Crippen LogP contribution in [0.2, 0.25) is 0 Å². The minimum Gasteiger partial charge on any atom is -0.451 e. The molecule has 1 amide bonds. The number of carbonyl (C=O) groups is 2. The van der Waals surface area contributed by atoms with Gasteiger partial charge in [0, 0.05) is 6.04 Å². The SMILES string of the molecule is Cc1nnnn1/C(=C\c1ccccc1)C(=O)OCC(=O)N[C@@H]1CCC[C@H](C)[C@@H]1C. The molecule has 0 radical (unpaired) electrons. The summed E-state index contributed by atoms with van der Waals surface area (Å²) < 4.78 is 6.59. The normalized spacial score (nSPS) is 22.2. The molecule has 1 aliphatic carbocycles. The summed E-state index contributed by atoms with van der Waals surface area (Å²) in [5, 5.41) is 14.3. The van der Waals surface area contributed by atoms with E-state index in [2.05, 4.69) is 34.7 Å². The van der Waals surface area contributed by atoms with Crippen molar-refractivity contribution in [3.8, 4) is 0 Å². The molecule has 8 nitrogen and oxygen atoms in total. The van der Waals surface area contributed by atoms with Crippen molar-refractivity contribution in [2.75, 3.05) is 6.61 Å². The lowest BCUT2D eigenvalue weighted by atomic mass is 9.78. The molecular weight excluding hydrogens is 370 g/mol. The Morgan fingerprint density at radius 1 is 1.24 bits per heavy atom. The van der Waals surface area contributed by atoms with Crippen molar-refractivity contribution in [3.05, 3.63) is 41.7 Å². The summed E-state index contributed by atoms with van der Waals surface area (Å²) in [5.74, 6) is 0.459. The highest BCUT2D eigenvalue weighted by Gasteiger charge is 2.28. The van der Waals surface area contributed by atoms with Gasteiger partial charge in [-0.05, 0) is 47.2 Å². The number of ether oxygens (including phenoxy) is 1. The van der Waals surface area contributed by atoms with Crippen LogP contribution in [0, 0.1) is 18.8 Å². The molecule has 1 aromatic heterocycles. The van der Waals surface area contributed by atoms with Gasteiger partial charge < -0.3 is 10.1 Å². The molecule has 0 bridgehead atoms. The van der Waals surface area contributed by atoms with Crippen LogP contribution < -0.4 is 5.32 Å². The van der Waals surface area contributed by atoms with Gasteiger partial charge in [-0.3, -0.25) is 4.79 Å². The van der Waals surface area contributed by atoms with E-state index < -0.39 is 5.97 Å². The van der Waals surface area contributed by atoms with E-state index in [9.17, 15) is 9.59 Å². The number of amides is 1. The Morgan fingerprint density at radius 3 is 2.69 bits per heavy atom. The first kappa shape index (κ1) is 20.7. The molecule has 0 aliphatic heterocycles. The summed E-state index contributed by atoms with van der Waals surface area (Å²) in [4.78, 5) is 25.1. The second-order valence-corrected chi connectivity index (χ2v) is 7.60. The van der Waals surface area contributed by atoms with Gasteiger partial charge in [-0.15, -0.1) is 5.10 Å². The van der Waals surface area contributed by atoms with Gasteiger partial charge in [-0.2, -0.15) is 4.68 Å². The minimum atomic E-state index is -0.663. The third-order valence-electron chi connectivity index (χ3n) is 5.55. The molecular formula is C21H27N5O3. The highest BCUT2D eigenvalue weighted by molar-refractivity contribution is 6.15. The highest BCUT2D eigenvalue weighted by Crippen LogP contribution is 2.29. The number of rotatable bonds is 6. The van der Waals surface area contributed by atoms with E-state index in [4.69, 9.17) is 4.74 Å². The van der Waals surface area contributed by atoms with Crippen LogP contribution in [0.5, 0.6) is 0 Å². The van der Waals surface area contributed by atoms with Gasteiger partial charge in [0.05, 0.1) is 0 Å². The van der Waals surface area contributed by atoms with Crippen molar-refractivity contribution >= 4 is 23.6 Å². The molecule has 1 N–H and O–H groups in total. The van der Waals surface area contributed by atoms with Crippen LogP contribution in [0.4, 0.5) is 0 Å². The molecule has 0 spiro atoms. The molecule has 2 aromatic rings. The van der Waals surface area contributed by atoms with Gasteiger partial charge in [-0.25, -0.2) is 4.79 Å². The Hall–Kier alpha value is -3.03. The van der Waals surface area contributed by atoms with Crippen molar-refractivity contribution in [3.63, 3.8) is 0 Å². The number of carbonyl (C=O) groups excluding carboxylic acids is 2. The van der Waals surface area contributed by atoms with Gasteiger partial charge in [0.15, 0.2) is 18.1 Å². The number of benzene rings is 1. The number of nitrogens with zero attached hydrogens (tertiary/aromatic N) is 4. The molecule has 0 saturated heterocycles. The van der Waals surface area contributed by atoms with Crippen LogP contribution in [0.25, 0.3) is 11.8 Å². The molecule has 1 aliphatic rings. The van der Waals surface area contributed by atoms with E-state index in [0.29, 0.717) is 17.7 Å². The minimum absolute atomic E-state index is 0.117. The maximum atomic E-state index is 12.7. The third-order valence-corrected chi connectivity index (χ3v) is 5.55. The number of aromatic nitrogens is 4. The Balaban J connectivity index is 1.67. The number of tetrazole rings is 1. The predicted octanol–water partition coefficient (Wildman–Crippen LogP) is 2.46. The molecule has 3 rings (SSSR count). The largest absolute Gasteiger partial charge is 0.451 e. The van der Waals surface area contributed by atoms with Crippen LogP contribution in [-0.4, -0.2) is 44.7 Å². The van der Waals surface area contributed by atoms with Crippen molar-refractivity contribution in [2.24, 2.45) is 11.8 Å². The van der Waals surface area contributed by atoms with Gasteiger partial charge in [0.1, 0.15) is 0 Å². The first-order chi connectivity index (χ1) is 14.0. The zero-order valence-electron chi connectivity index (χ0n) is 17.0. The zero-order chi connectivity index (χ0) is 20.8. The Morgan fingerprint density at radius 2 is 2.00 bits per heavy atom. The number of esters is 1. The van der Waals surface area contributed by atoms with Gasteiger partial charge in [0.25, 0.3) is 5.91 Å². The molecule has 1 heterocycles. The predicted molar refractivity (Wildman–Crippen MR) is 108 cm³/mol. The van der Waals surface area contributed by atoms with Crippen LogP contribution >= 0.6 is 0 Å². The molecule has 1 fully saturated rings. The summed E-state index contributed by atoms with van der Waals surface area (Å²) in [6, 6.07) is 9.43. The summed E-state index contributed by atoms with van der Waals surface area (Å²) in [5.41, 5.74) is 0.940. The fourth-order valence-corrected chi connectivity index (χ4v) is 3.61. The van der Waals surface area contributed by atoms with Crippen LogP contribution in [-0.2, 0) is 14.3 Å². The fourth-order valence-electron chi connectivity index (χ4n) is 3.61. The monoisotopic (exact) mass is 397 g/mol. The summed E-state index contributed by atoms with van der Waals surface area (Å²) in [7, 11) is 0. The van der Waals surface area contributed by atoms with Crippen LogP contribution in [0.15, 0.2) is 30.3 Å². The van der Waals surface area contributed by atoms with Crippen LogP contribution in [0.3, 0.4) is 0 Å². The van der Waals surface area contributed by atoms with E-state index in [1.165, 1.54) is 11.1 Å². The molecule has 3 atom stereocenters. The quantitative estimate of drug-likeness (QED) is 0.594. The Bertz CT molecular complexity index is 877. The van der Waals surface area contributed by atoms with Gasteiger partial charge in [0.2, 0.25) is 0 Å². The third kappa shape index (κ3) is 5.28. The molecule has 1 aromatic carbocycles. The van der Waals surface area contributed by atoms with E-state index >= 15 is 0 Å². The van der Waals surface area contributed by atoms with Crippen molar-refractivity contribution in [2.45, 2.75) is 46.1 Å². The lowest BCUT2D eigenvalue weighted by molar-refractivity contribution is -0.143. The zero-order valence-corrected chi connectivity index (χ0v) is 17.0. The smallest absolute Gasteiger partial charge is 0.357 e. The summed E-state index contributed by atoms with van der Waals surface area (Å²) in [6.07, 6.45) is 4.86. The first-order valence-electron chi connectivity index (χ1n) is 9.94. The summed E-state index contributed by atoms with van der Waals surface area (Å²) in [6.45, 7) is 5.70. The fraction of sp³-hybridized carbons (Fsp3) is 0.476. The Labute approximate surface area is 170 Å². The van der Waals surface area contributed by atoms with E-state index in [-0.39, 0.29) is 24.3 Å². The van der Waals surface area contributed by atoms with Crippen molar-refractivity contribution in [1.82, 2.24) is 25.5 Å². The second kappa shape index (κ2) is 9.45. The molecule has 8 heteroatoms. The average molecular weight is 397 g/mol. The van der Waals surface area contributed by atoms with Gasteiger partial charge >= 0.3 is 5.97 Å². The molecule has 154 valence electrons. The molecule has 29 heavy (non-hydrogen) atoms. The number of nitrogens with one attached hydrogen (secondary N) is 1. The molecule has 1 saturated carbocycles. The van der Waals surface area contributed by atoms with Gasteiger partial charge in [-0.1, -0.05) is 57.0 Å². The maximum Gasteiger partial charge on any atom is 0.357 e. The van der Waals surface area contributed by atoms with Crippen molar-refractivity contribution in [1.29, 1.82) is 0 Å². The standard InChI is InChI=1S/C21H27N5O3/c1-14-8-7-11-18(15(14)2)22-20(27)13-29-21(28)19(26-16(3)23-24-25-26)12-17-9-5-4-6-10-17/h4-6,9-10,12,14-15,18H,7-8,11,13H2,1-3H3,(H,22,27)/b19-12-/t14-,15-,18+/m0/s1. The lowest BCUT2D eigenvalue weighted by Gasteiger charge is -2.34. The number of hydrogen-bond acceptors (Lipinski definition) is 6. The number of aryl methyl sites for hydroxylation is 1. The number of hydrogen-bond donors (Lipinski definition) is 1. The van der Waals surface area contributed by atoms with Crippen LogP contribution in [0.1, 0.15) is 44.5 Å². The van der Waals surface area contributed by atoms with E-state index in [1.807, 2.05) is 30.3 Å². The lowest BCUT2D eigenvalue weighted by Crippen LogP contribution is -2.45. The first-order valence-corrected chi connectivity index (χ1v) is 9.94. The molecule has 0 unspecified atom stereocenters. The highest BCUT2D eigenvalue weighted by atomic mass is 16.5. The average Bonchev–Trinajstić information content (AvgIpc) is 3.14. The van der Waals surface area contributed by atoms with E-state index in [0.717, 1.165) is 18.4 Å². The topological polar surface area (TPSA) is 99.0 Å². The van der Waals surface area contributed by atoms with Crippen molar-refractivity contribution < 1.29 is 14.3 Å². The second-order valence-electron chi connectivity index (χ2n) is 7.60.